The van der Waals surface area contributed by atoms with Crippen molar-refractivity contribution in [3.05, 3.63) is 84.9 Å². The molecule has 0 saturated heterocycles. The molecule has 0 bridgehead atoms. The zero-order chi connectivity index (χ0) is 21.1. The van der Waals surface area contributed by atoms with E-state index in [-0.39, 0.29) is 0 Å². The quantitative estimate of drug-likeness (QED) is 0.466. The highest BCUT2D eigenvalue weighted by Gasteiger charge is 2.50. The second-order valence-electron chi connectivity index (χ2n) is 9.36. The lowest BCUT2D eigenvalue weighted by molar-refractivity contribution is 1.37. The fraction of sp³-hybridized carbons (Fsp3) is 0.308. The smallest absolute Gasteiger partial charge is 0.0677 e. The number of hydrogen-bond acceptors (Lipinski definition) is 0. The summed E-state index contributed by atoms with van der Waals surface area (Å²) >= 11 is 0. The topological polar surface area (TPSA) is 0 Å². The highest BCUT2D eigenvalue weighted by Crippen LogP contribution is 2.24. The molecule has 0 saturated carbocycles. The second-order valence-corrected chi connectivity index (χ2v) is 28.1. The third-order valence-electron chi connectivity index (χ3n) is 7.70. The minimum Gasteiger partial charge on any atom is -0.0677 e. The highest BCUT2D eigenvalue weighted by molar-refractivity contribution is 7.55. The molecule has 3 rings (SSSR count). The van der Waals surface area contributed by atoms with Gasteiger partial charge in [-0.15, -0.1) is 0 Å². The lowest BCUT2D eigenvalue weighted by atomic mass is 10.4. The van der Waals surface area contributed by atoms with Gasteiger partial charge in [0.05, 0.1) is 15.7 Å². The van der Waals surface area contributed by atoms with Gasteiger partial charge >= 0.3 is 0 Å². The molecule has 3 aromatic carbocycles. The Balaban J connectivity index is 2.20. The Hall–Kier alpha value is -1.69. The molecule has 0 heterocycles. The molecule has 29 heavy (non-hydrogen) atoms. The first-order chi connectivity index (χ1) is 13.8. The summed E-state index contributed by atoms with van der Waals surface area (Å²) < 4.78 is 0. The predicted octanol–water partition coefficient (Wildman–Crippen LogP) is 4.90. The molecule has 0 aromatic heterocycles. The molecule has 0 fully saturated rings. The summed E-state index contributed by atoms with van der Waals surface area (Å²) in [7, 11) is -4.98. The Kier molecular flexibility index (Phi) is 6.51. The maximum atomic E-state index is 2.65. The minimum atomic E-state index is -1.92. The van der Waals surface area contributed by atoms with E-state index in [0.717, 1.165) is 0 Å². The summed E-state index contributed by atoms with van der Waals surface area (Å²) in [6.07, 6.45) is 0. The Morgan fingerprint density at radius 2 is 0.897 bits per heavy atom. The molecule has 0 radical (unpaired) electrons. The normalized spacial score (nSPS) is 14.4. The zero-order valence-corrected chi connectivity index (χ0v) is 22.0. The van der Waals surface area contributed by atoms with E-state index in [4.69, 9.17) is 0 Å². The van der Waals surface area contributed by atoms with Crippen LogP contribution >= 0.6 is 0 Å². The van der Waals surface area contributed by atoms with Crippen LogP contribution in [-0.4, -0.2) is 23.3 Å². The number of rotatable bonds is 7. The van der Waals surface area contributed by atoms with Crippen LogP contribution in [0.1, 0.15) is 13.8 Å². The van der Waals surface area contributed by atoms with Gasteiger partial charge in [-0.05, 0) is 0 Å². The SMILES string of the molecule is CC[Si](C)(C)c1ccc([Si](C)(CC)[Si](C)(c2ccccc2)c2ccccc2)cc1. The van der Waals surface area contributed by atoms with Crippen LogP contribution in [0.5, 0.6) is 0 Å². The van der Waals surface area contributed by atoms with Crippen molar-refractivity contribution in [1.29, 1.82) is 0 Å². The van der Waals surface area contributed by atoms with Gasteiger partial charge < -0.3 is 0 Å². The molecular formula is C26H36Si3. The van der Waals surface area contributed by atoms with E-state index in [9.17, 15) is 0 Å². The highest BCUT2D eigenvalue weighted by atomic mass is 29.3. The van der Waals surface area contributed by atoms with Crippen molar-refractivity contribution in [3.63, 3.8) is 0 Å². The number of benzene rings is 3. The van der Waals surface area contributed by atoms with E-state index < -0.39 is 23.3 Å². The van der Waals surface area contributed by atoms with Crippen molar-refractivity contribution in [2.75, 3.05) is 0 Å². The maximum absolute atomic E-state index is 2.65. The Bertz CT molecular complexity index is 878. The summed E-state index contributed by atoms with van der Waals surface area (Å²) in [5.74, 6) is 0. The van der Waals surface area contributed by atoms with Gasteiger partial charge in [0.25, 0.3) is 0 Å². The predicted molar refractivity (Wildman–Crippen MR) is 140 cm³/mol. The first kappa shape index (κ1) is 22.0. The van der Waals surface area contributed by atoms with Crippen LogP contribution in [-0.2, 0) is 0 Å². The van der Waals surface area contributed by atoms with Gasteiger partial charge in [0.15, 0.2) is 0 Å². The van der Waals surface area contributed by atoms with Gasteiger partial charge in [-0.3, -0.25) is 0 Å². The van der Waals surface area contributed by atoms with Crippen molar-refractivity contribution in [3.8, 4) is 0 Å². The minimum absolute atomic E-state index is 1.27. The number of hydrogen-bond donors (Lipinski definition) is 0. The van der Waals surface area contributed by atoms with Crippen LogP contribution < -0.4 is 20.7 Å². The van der Waals surface area contributed by atoms with E-state index in [0.29, 0.717) is 0 Å². The van der Waals surface area contributed by atoms with E-state index in [1.165, 1.54) is 12.1 Å². The van der Waals surface area contributed by atoms with Gasteiger partial charge in [-0.2, -0.15) is 0 Å². The third-order valence-corrected chi connectivity index (χ3v) is 29.8. The summed E-state index contributed by atoms with van der Waals surface area (Å²) in [4.78, 5) is 0. The molecule has 152 valence electrons. The molecular weight excluding hydrogens is 397 g/mol. The fourth-order valence-electron chi connectivity index (χ4n) is 4.69. The Labute approximate surface area is 180 Å². The standard InChI is InChI=1S/C26H36Si3/c1-7-27(3,4)23-19-21-24(22-20-23)28(5,8-2)29(6,25-15-11-9-12-16-25)26-17-13-10-14-18-26/h9-22H,7-8H2,1-6H3. The Morgan fingerprint density at radius 1 is 0.483 bits per heavy atom. The van der Waals surface area contributed by atoms with Crippen LogP contribution in [0.15, 0.2) is 84.9 Å². The molecule has 1 atom stereocenters. The molecule has 0 nitrogen and oxygen atoms in total. The lowest BCUT2D eigenvalue weighted by Crippen LogP contribution is -2.78. The van der Waals surface area contributed by atoms with Crippen molar-refractivity contribution in [2.45, 2.75) is 52.1 Å². The van der Waals surface area contributed by atoms with Gasteiger partial charge in [0.2, 0.25) is 0 Å². The van der Waals surface area contributed by atoms with E-state index in [1.54, 1.807) is 20.7 Å². The van der Waals surface area contributed by atoms with Crippen molar-refractivity contribution in [1.82, 2.24) is 0 Å². The molecule has 0 aliphatic rings. The van der Waals surface area contributed by atoms with Gasteiger partial charge in [-0.1, -0.05) is 158 Å². The van der Waals surface area contributed by atoms with Crippen LogP contribution in [0.2, 0.25) is 38.3 Å². The van der Waals surface area contributed by atoms with Gasteiger partial charge in [0, 0.05) is 0 Å². The largest absolute Gasteiger partial charge is 0.113 e. The van der Waals surface area contributed by atoms with Crippen molar-refractivity contribution >= 4 is 44.0 Å². The maximum Gasteiger partial charge on any atom is 0.113 e. The van der Waals surface area contributed by atoms with Gasteiger partial charge in [0.1, 0.15) is 7.59 Å². The average molecular weight is 433 g/mol. The van der Waals surface area contributed by atoms with Gasteiger partial charge in [-0.25, -0.2) is 0 Å². The van der Waals surface area contributed by atoms with E-state index in [1.807, 2.05) is 0 Å². The van der Waals surface area contributed by atoms with Crippen LogP contribution in [0.4, 0.5) is 0 Å². The van der Waals surface area contributed by atoms with Crippen LogP contribution in [0.25, 0.3) is 0 Å². The fourth-order valence-corrected chi connectivity index (χ4v) is 21.3. The molecule has 0 aliphatic carbocycles. The zero-order valence-electron chi connectivity index (χ0n) is 19.0. The summed E-state index contributed by atoms with van der Waals surface area (Å²) in [6, 6.07) is 35.3. The lowest BCUT2D eigenvalue weighted by Gasteiger charge is -2.45. The first-order valence-corrected chi connectivity index (χ1v) is 20.4. The third kappa shape index (κ3) is 3.88. The molecule has 0 spiro atoms. The average Bonchev–Trinajstić information content (AvgIpc) is 2.79. The van der Waals surface area contributed by atoms with Crippen molar-refractivity contribution < 1.29 is 0 Å². The molecule has 3 heteroatoms. The summed E-state index contributed by atoms with van der Waals surface area (Å²) in [5.41, 5.74) is 0. The van der Waals surface area contributed by atoms with E-state index >= 15 is 0 Å². The second kappa shape index (κ2) is 8.58. The molecule has 1 unspecified atom stereocenters. The molecule has 3 aromatic rings. The van der Waals surface area contributed by atoms with Crippen LogP contribution in [0, 0.1) is 0 Å². The molecule has 0 aliphatic heterocycles. The van der Waals surface area contributed by atoms with E-state index in [2.05, 4.69) is 125 Å². The van der Waals surface area contributed by atoms with Crippen molar-refractivity contribution in [2.24, 2.45) is 0 Å². The first-order valence-electron chi connectivity index (χ1n) is 11.0. The summed E-state index contributed by atoms with van der Waals surface area (Å²) in [6.45, 7) is 15.0. The summed E-state index contributed by atoms with van der Waals surface area (Å²) in [5, 5.41) is 6.38. The van der Waals surface area contributed by atoms with Crippen LogP contribution in [0.3, 0.4) is 0 Å². The Morgan fingerprint density at radius 3 is 1.28 bits per heavy atom. The molecule has 0 amide bonds. The molecule has 0 N–H and O–H groups in total. The monoisotopic (exact) mass is 432 g/mol.